The third kappa shape index (κ3) is 5.11. The number of rotatable bonds is 8. The number of allylic oxidation sites excluding steroid dienone is 3. The maximum absolute atomic E-state index is 13.7. The van der Waals surface area contributed by atoms with Gasteiger partial charge in [-0.1, -0.05) is 31.2 Å². The maximum atomic E-state index is 13.7. The third-order valence-corrected chi connectivity index (χ3v) is 6.60. The Bertz CT molecular complexity index is 1140. The molecule has 6 nitrogen and oxygen atoms in total. The largest absolute Gasteiger partial charge is 0.497 e. The molecule has 0 amide bonds. The van der Waals surface area contributed by atoms with E-state index in [-0.39, 0.29) is 17.7 Å². The van der Waals surface area contributed by atoms with Gasteiger partial charge < -0.3 is 19.5 Å². The molecular weight excluding hydrogens is 442 g/mol. The summed E-state index contributed by atoms with van der Waals surface area (Å²) in [5.41, 5.74) is 4.74. The zero-order chi connectivity index (χ0) is 24.9. The summed E-state index contributed by atoms with van der Waals surface area (Å²) in [6.07, 6.45) is 1.81. The Labute approximate surface area is 207 Å². The minimum Gasteiger partial charge on any atom is -0.497 e. The van der Waals surface area contributed by atoms with Crippen LogP contribution in [-0.4, -0.2) is 32.1 Å². The molecule has 2 atom stereocenters. The molecule has 0 bridgehead atoms. The molecule has 0 spiro atoms. The fraction of sp³-hybridized carbons (Fsp3) is 0.379. The van der Waals surface area contributed by atoms with Gasteiger partial charge in [0.25, 0.3) is 0 Å². The summed E-state index contributed by atoms with van der Waals surface area (Å²) in [4.78, 5) is 26.8. The molecule has 0 fully saturated rings. The second-order valence-electron chi connectivity index (χ2n) is 8.93. The Morgan fingerprint density at radius 1 is 0.971 bits per heavy atom. The first-order valence-corrected chi connectivity index (χ1v) is 12.2. The molecule has 1 heterocycles. The van der Waals surface area contributed by atoms with Crippen molar-refractivity contribution in [2.45, 2.75) is 51.9 Å². The standard InChI is InChI=1S/C29H33NO5/c1-5-15-35-29(32)26-18(3)30-24-16-21(19-7-11-22(33-4)12-8-19)17-25(31)28(24)27(26)20-9-13-23(14-10-20)34-6-2/h7-14,21,27,30H,5-6,15-17H2,1-4H3/t21-,27+/m1/s1. The van der Waals surface area contributed by atoms with Crippen LogP contribution in [0.5, 0.6) is 11.5 Å². The van der Waals surface area contributed by atoms with Gasteiger partial charge in [-0.05, 0) is 68.0 Å². The van der Waals surface area contributed by atoms with E-state index in [9.17, 15) is 9.59 Å². The zero-order valence-electron chi connectivity index (χ0n) is 20.9. The quantitative estimate of drug-likeness (QED) is 0.515. The predicted molar refractivity (Wildman–Crippen MR) is 134 cm³/mol. The highest BCUT2D eigenvalue weighted by Crippen LogP contribution is 2.46. The molecule has 4 rings (SSSR count). The van der Waals surface area contributed by atoms with E-state index < -0.39 is 5.92 Å². The fourth-order valence-corrected chi connectivity index (χ4v) is 4.95. The Morgan fingerprint density at radius 3 is 2.26 bits per heavy atom. The third-order valence-electron chi connectivity index (χ3n) is 6.60. The Kier molecular flexibility index (Phi) is 7.59. The summed E-state index contributed by atoms with van der Waals surface area (Å²) in [6.45, 7) is 6.69. The predicted octanol–water partition coefficient (Wildman–Crippen LogP) is 5.41. The number of hydrogen-bond donors (Lipinski definition) is 1. The number of carbonyl (C=O) groups excluding carboxylic acids is 2. The van der Waals surface area contributed by atoms with Crippen molar-refractivity contribution in [2.24, 2.45) is 0 Å². The first kappa shape index (κ1) is 24.6. The van der Waals surface area contributed by atoms with E-state index in [1.807, 2.05) is 69.3 Å². The average molecular weight is 476 g/mol. The number of nitrogens with one attached hydrogen (secondary N) is 1. The van der Waals surface area contributed by atoms with Gasteiger partial charge in [-0.15, -0.1) is 0 Å². The lowest BCUT2D eigenvalue weighted by Crippen LogP contribution is -2.36. The highest BCUT2D eigenvalue weighted by atomic mass is 16.5. The lowest BCUT2D eigenvalue weighted by molar-refractivity contribution is -0.139. The van der Waals surface area contributed by atoms with Gasteiger partial charge in [0, 0.05) is 29.3 Å². The number of carbonyl (C=O) groups is 2. The van der Waals surface area contributed by atoms with Crippen molar-refractivity contribution in [1.29, 1.82) is 0 Å². The molecule has 0 radical (unpaired) electrons. The number of methoxy groups -OCH3 is 1. The van der Waals surface area contributed by atoms with Crippen LogP contribution in [0.4, 0.5) is 0 Å². The molecule has 0 aromatic heterocycles. The molecule has 35 heavy (non-hydrogen) atoms. The summed E-state index contributed by atoms with van der Waals surface area (Å²) in [5.74, 6) is 0.789. The van der Waals surface area contributed by atoms with Crippen molar-refractivity contribution in [2.75, 3.05) is 20.3 Å². The molecule has 1 aliphatic heterocycles. The van der Waals surface area contributed by atoms with Crippen molar-refractivity contribution in [1.82, 2.24) is 5.32 Å². The summed E-state index contributed by atoms with van der Waals surface area (Å²) >= 11 is 0. The molecule has 0 saturated carbocycles. The Hall–Kier alpha value is -3.54. The molecule has 2 aromatic rings. The van der Waals surface area contributed by atoms with Crippen LogP contribution in [-0.2, 0) is 14.3 Å². The van der Waals surface area contributed by atoms with Crippen LogP contribution < -0.4 is 14.8 Å². The molecule has 1 N–H and O–H groups in total. The highest BCUT2D eigenvalue weighted by molar-refractivity contribution is 6.04. The lowest BCUT2D eigenvalue weighted by Gasteiger charge is -2.36. The van der Waals surface area contributed by atoms with E-state index in [1.165, 1.54) is 0 Å². The summed E-state index contributed by atoms with van der Waals surface area (Å²) in [7, 11) is 1.64. The first-order valence-electron chi connectivity index (χ1n) is 12.2. The summed E-state index contributed by atoms with van der Waals surface area (Å²) in [6, 6.07) is 15.5. The minimum atomic E-state index is -0.476. The monoisotopic (exact) mass is 475 g/mol. The van der Waals surface area contributed by atoms with Crippen molar-refractivity contribution in [3.05, 3.63) is 82.2 Å². The van der Waals surface area contributed by atoms with E-state index in [4.69, 9.17) is 14.2 Å². The van der Waals surface area contributed by atoms with Crippen LogP contribution >= 0.6 is 0 Å². The van der Waals surface area contributed by atoms with E-state index in [2.05, 4.69) is 5.32 Å². The van der Waals surface area contributed by atoms with Gasteiger partial charge in [0.2, 0.25) is 0 Å². The zero-order valence-corrected chi connectivity index (χ0v) is 20.9. The number of ether oxygens (including phenoxy) is 3. The number of Topliss-reactive ketones (excluding diaryl/α,β-unsaturated/α-hetero) is 1. The van der Waals surface area contributed by atoms with Gasteiger partial charge in [-0.3, -0.25) is 4.79 Å². The molecule has 2 aromatic carbocycles. The van der Waals surface area contributed by atoms with Crippen LogP contribution in [0.3, 0.4) is 0 Å². The summed E-state index contributed by atoms with van der Waals surface area (Å²) < 4.78 is 16.4. The van der Waals surface area contributed by atoms with Crippen molar-refractivity contribution in [3.8, 4) is 11.5 Å². The van der Waals surface area contributed by atoms with E-state index in [0.717, 1.165) is 40.4 Å². The van der Waals surface area contributed by atoms with Crippen LogP contribution in [0.2, 0.25) is 0 Å². The van der Waals surface area contributed by atoms with Crippen LogP contribution in [0.15, 0.2) is 71.1 Å². The van der Waals surface area contributed by atoms with Gasteiger partial charge in [-0.25, -0.2) is 4.79 Å². The minimum absolute atomic E-state index is 0.0479. The fourth-order valence-electron chi connectivity index (χ4n) is 4.95. The van der Waals surface area contributed by atoms with E-state index >= 15 is 0 Å². The molecular formula is C29H33NO5. The van der Waals surface area contributed by atoms with E-state index in [0.29, 0.717) is 37.2 Å². The average Bonchev–Trinajstić information content (AvgIpc) is 2.87. The molecule has 1 aliphatic carbocycles. The Morgan fingerprint density at radius 2 is 1.63 bits per heavy atom. The van der Waals surface area contributed by atoms with Crippen LogP contribution in [0, 0.1) is 0 Å². The smallest absolute Gasteiger partial charge is 0.336 e. The lowest BCUT2D eigenvalue weighted by atomic mass is 9.71. The van der Waals surface area contributed by atoms with Crippen LogP contribution in [0.1, 0.15) is 63.0 Å². The second-order valence-corrected chi connectivity index (χ2v) is 8.93. The second kappa shape index (κ2) is 10.8. The number of benzene rings is 2. The number of esters is 1. The number of ketones is 1. The summed E-state index contributed by atoms with van der Waals surface area (Å²) in [5, 5.41) is 3.40. The van der Waals surface area contributed by atoms with Crippen molar-refractivity contribution < 1.29 is 23.8 Å². The van der Waals surface area contributed by atoms with Crippen molar-refractivity contribution >= 4 is 11.8 Å². The molecule has 0 saturated heterocycles. The molecule has 0 unspecified atom stereocenters. The number of dihydropyridines is 1. The number of hydrogen-bond acceptors (Lipinski definition) is 6. The maximum Gasteiger partial charge on any atom is 0.336 e. The highest BCUT2D eigenvalue weighted by Gasteiger charge is 2.41. The van der Waals surface area contributed by atoms with Gasteiger partial charge in [0.1, 0.15) is 11.5 Å². The molecule has 2 aliphatic rings. The van der Waals surface area contributed by atoms with Gasteiger partial charge in [0.05, 0.1) is 25.9 Å². The van der Waals surface area contributed by atoms with Gasteiger partial charge >= 0.3 is 5.97 Å². The van der Waals surface area contributed by atoms with Gasteiger partial charge in [-0.2, -0.15) is 0 Å². The SMILES string of the molecule is CCCOC(=O)C1=C(C)NC2=C(C(=O)C[C@H](c3ccc(OC)cc3)C2)[C@H]1c1ccc(OCC)cc1. The van der Waals surface area contributed by atoms with E-state index in [1.54, 1.807) is 7.11 Å². The topological polar surface area (TPSA) is 73.9 Å². The molecule has 184 valence electrons. The molecule has 6 heteroatoms. The Balaban J connectivity index is 1.73. The first-order chi connectivity index (χ1) is 17.0. The van der Waals surface area contributed by atoms with Crippen LogP contribution in [0.25, 0.3) is 0 Å². The van der Waals surface area contributed by atoms with Gasteiger partial charge in [0.15, 0.2) is 5.78 Å². The normalized spacial score (nSPS) is 19.7. The van der Waals surface area contributed by atoms with Crippen molar-refractivity contribution in [3.63, 3.8) is 0 Å².